The average Bonchev–Trinajstić information content (AvgIpc) is 3.09. The second-order valence-corrected chi connectivity index (χ2v) is 6.54. The van der Waals surface area contributed by atoms with E-state index in [1.54, 1.807) is 17.3 Å². The molecule has 0 unspecified atom stereocenters. The lowest BCUT2D eigenvalue weighted by atomic mass is 10.1. The summed E-state index contributed by atoms with van der Waals surface area (Å²) in [6.07, 6.45) is -4.23. The molecule has 0 aliphatic heterocycles. The Bertz CT molecular complexity index is 889. The molecule has 1 amide bonds. The standard InChI is InChI=1S/C19H15F3N2OS/c1-24(16-5-3-2-4-6-16)17(25)11-15-12-26-18(23-15)13-7-9-14(10-8-13)19(20,21)22/h2-10,12H,11H2,1H3. The van der Waals surface area contributed by atoms with E-state index in [1.165, 1.54) is 23.5 Å². The molecule has 0 saturated carbocycles. The zero-order valence-electron chi connectivity index (χ0n) is 13.8. The molecule has 3 aromatic rings. The smallest absolute Gasteiger partial charge is 0.315 e. The van der Waals surface area contributed by atoms with E-state index in [4.69, 9.17) is 0 Å². The number of likely N-dealkylation sites (N-methyl/N-ethyl adjacent to an activating group) is 1. The zero-order valence-corrected chi connectivity index (χ0v) is 14.6. The highest BCUT2D eigenvalue weighted by atomic mass is 32.1. The number of halogens is 3. The number of amides is 1. The predicted octanol–water partition coefficient (Wildman–Crippen LogP) is 5.03. The second kappa shape index (κ2) is 7.29. The Morgan fingerprint density at radius 2 is 1.73 bits per heavy atom. The van der Waals surface area contributed by atoms with Gasteiger partial charge in [0.15, 0.2) is 0 Å². The lowest BCUT2D eigenvalue weighted by Gasteiger charge is -2.16. The van der Waals surface area contributed by atoms with Gasteiger partial charge in [-0.2, -0.15) is 13.2 Å². The molecule has 3 rings (SSSR count). The number of benzene rings is 2. The molecule has 0 radical (unpaired) electrons. The number of nitrogens with zero attached hydrogens (tertiary/aromatic N) is 2. The molecule has 0 fully saturated rings. The predicted molar refractivity (Wildman–Crippen MR) is 96.1 cm³/mol. The van der Waals surface area contributed by atoms with Gasteiger partial charge in [0.1, 0.15) is 5.01 Å². The van der Waals surface area contributed by atoms with Crippen LogP contribution in [-0.4, -0.2) is 17.9 Å². The number of anilines is 1. The van der Waals surface area contributed by atoms with E-state index in [9.17, 15) is 18.0 Å². The maximum absolute atomic E-state index is 12.6. The summed E-state index contributed by atoms with van der Waals surface area (Å²) in [6, 6.07) is 14.1. The number of carbonyl (C=O) groups excluding carboxylic acids is 1. The first-order chi connectivity index (χ1) is 12.3. The van der Waals surface area contributed by atoms with Crippen molar-refractivity contribution < 1.29 is 18.0 Å². The normalized spacial score (nSPS) is 11.4. The van der Waals surface area contributed by atoms with E-state index in [1.807, 2.05) is 30.3 Å². The summed E-state index contributed by atoms with van der Waals surface area (Å²) in [5.41, 5.74) is 1.28. The lowest BCUT2D eigenvalue weighted by molar-refractivity contribution is -0.137. The van der Waals surface area contributed by atoms with Crippen LogP contribution in [0.3, 0.4) is 0 Å². The summed E-state index contributed by atoms with van der Waals surface area (Å²) in [5, 5.41) is 2.34. The molecule has 26 heavy (non-hydrogen) atoms. The molecule has 0 spiro atoms. The molecule has 3 nitrogen and oxygen atoms in total. The molecule has 0 atom stereocenters. The quantitative estimate of drug-likeness (QED) is 0.640. The van der Waals surface area contributed by atoms with Crippen molar-refractivity contribution in [3.63, 3.8) is 0 Å². The van der Waals surface area contributed by atoms with Crippen molar-refractivity contribution in [1.82, 2.24) is 4.98 Å². The van der Waals surface area contributed by atoms with E-state index >= 15 is 0 Å². The molecular weight excluding hydrogens is 361 g/mol. The highest BCUT2D eigenvalue weighted by Crippen LogP contribution is 2.31. The third-order valence-electron chi connectivity index (χ3n) is 3.86. The van der Waals surface area contributed by atoms with Gasteiger partial charge in [0.05, 0.1) is 17.7 Å². The third kappa shape index (κ3) is 4.11. The molecular formula is C19H15F3N2OS. The van der Waals surface area contributed by atoms with Crippen LogP contribution in [-0.2, 0) is 17.4 Å². The minimum absolute atomic E-state index is 0.111. The third-order valence-corrected chi connectivity index (χ3v) is 4.80. The van der Waals surface area contributed by atoms with E-state index in [-0.39, 0.29) is 12.3 Å². The number of para-hydroxylation sites is 1. The van der Waals surface area contributed by atoms with E-state index in [0.717, 1.165) is 17.8 Å². The van der Waals surface area contributed by atoms with Gasteiger partial charge in [-0.1, -0.05) is 30.3 Å². The van der Waals surface area contributed by atoms with Gasteiger partial charge in [-0.15, -0.1) is 11.3 Å². The van der Waals surface area contributed by atoms with Gasteiger partial charge in [0.2, 0.25) is 5.91 Å². The van der Waals surface area contributed by atoms with Crippen molar-refractivity contribution in [2.45, 2.75) is 12.6 Å². The summed E-state index contributed by atoms with van der Waals surface area (Å²) >= 11 is 1.30. The molecule has 0 saturated heterocycles. The molecule has 0 N–H and O–H groups in total. The number of carbonyl (C=O) groups is 1. The van der Waals surface area contributed by atoms with Crippen LogP contribution < -0.4 is 4.90 Å². The fourth-order valence-electron chi connectivity index (χ4n) is 2.39. The fraction of sp³-hybridized carbons (Fsp3) is 0.158. The Kier molecular flexibility index (Phi) is 5.08. The Labute approximate surface area is 152 Å². The first kappa shape index (κ1) is 18.1. The summed E-state index contributed by atoms with van der Waals surface area (Å²) in [6.45, 7) is 0. The Morgan fingerprint density at radius 3 is 2.35 bits per heavy atom. The van der Waals surface area contributed by atoms with Crippen LogP contribution in [0.25, 0.3) is 10.6 Å². The summed E-state index contributed by atoms with van der Waals surface area (Å²) < 4.78 is 37.9. The molecule has 134 valence electrons. The number of hydrogen-bond acceptors (Lipinski definition) is 3. The first-order valence-corrected chi connectivity index (χ1v) is 8.66. The number of rotatable bonds is 4. The molecule has 2 aromatic carbocycles. The average molecular weight is 376 g/mol. The zero-order chi connectivity index (χ0) is 18.7. The first-order valence-electron chi connectivity index (χ1n) is 7.78. The van der Waals surface area contributed by atoms with Gasteiger partial charge >= 0.3 is 6.18 Å². The Morgan fingerprint density at radius 1 is 1.08 bits per heavy atom. The van der Waals surface area contributed by atoms with Gasteiger partial charge in [-0.25, -0.2) is 4.98 Å². The maximum atomic E-state index is 12.6. The fourth-order valence-corrected chi connectivity index (χ4v) is 3.22. The SMILES string of the molecule is CN(C(=O)Cc1csc(-c2ccc(C(F)(F)F)cc2)n1)c1ccccc1. The monoisotopic (exact) mass is 376 g/mol. The molecule has 0 bridgehead atoms. The lowest BCUT2D eigenvalue weighted by Crippen LogP contribution is -2.27. The second-order valence-electron chi connectivity index (χ2n) is 5.68. The molecule has 0 aliphatic rings. The van der Waals surface area contributed by atoms with Gasteiger partial charge in [-0.05, 0) is 24.3 Å². The largest absolute Gasteiger partial charge is 0.416 e. The Balaban J connectivity index is 1.71. The van der Waals surface area contributed by atoms with Gasteiger partial charge < -0.3 is 4.90 Å². The number of thiazole rings is 1. The van der Waals surface area contributed by atoms with Crippen LogP contribution in [0.4, 0.5) is 18.9 Å². The highest BCUT2D eigenvalue weighted by Gasteiger charge is 2.30. The van der Waals surface area contributed by atoms with Crippen LogP contribution in [0, 0.1) is 0 Å². The van der Waals surface area contributed by atoms with Crippen molar-refractivity contribution >= 4 is 22.9 Å². The molecule has 7 heteroatoms. The van der Waals surface area contributed by atoms with Gasteiger partial charge in [0, 0.05) is 23.7 Å². The minimum Gasteiger partial charge on any atom is -0.315 e. The van der Waals surface area contributed by atoms with Crippen molar-refractivity contribution in [2.24, 2.45) is 0 Å². The van der Waals surface area contributed by atoms with Crippen molar-refractivity contribution in [3.05, 3.63) is 71.2 Å². The summed E-state index contributed by atoms with van der Waals surface area (Å²) in [4.78, 5) is 18.3. The van der Waals surface area contributed by atoms with Crippen LogP contribution in [0.1, 0.15) is 11.3 Å². The molecule has 1 heterocycles. The van der Waals surface area contributed by atoms with Crippen LogP contribution >= 0.6 is 11.3 Å². The van der Waals surface area contributed by atoms with Crippen molar-refractivity contribution in [1.29, 1.82) is 0 Å². The van der Waals surface area contributed by atoms with E-state index in [0.29, 0.717) is 16.3 Å². The van der Waals surface area contributed by atoms with Crippen LogP contribution in [0.5, 0.6) is 0 Å². The molecule has 0 aliphatic carbocycles. The number of aromatic nitrogens is 1. The van der Waals surface area contributed by atoms with Gasteiger partial charge in [-0.3, -0.25) is 4.79 Å². The van der Waals surface area contributed by atoms with E-state index < -0.39 is 11.7 Å². The van der Waals surface area contributed by atoms with Crippen molar-refractivity contribution in [3.8, 4) is 10.6 Å². The van der Waals surface area contributed by atoms with Crippen LogP contribution in [0.2, 0.25) is 0 Å². The van der Waals surface area contributed by atoms with Crippen LogP contribution in [0.15, 0.2) is 60.0 Å². The van der Waals surface area contributed by atoms with Crippen molar-refractivity contribution in [2.75, 3.05) is 11.9 Å². The van der Waals surface area contributed by atoms with E-state index in [2.05, 4.69) is 4.98 Å². The highest BCUT2D eigenvalue weighted by molar-refractivity contribution is 7.13. The minimum atomic E-state index is -4.36. The topological polar surface area (TPSA) is 33.2 Å². The summed E-state index contributed by atoms with van der Waals surface area (Å²) in [7, 11) is 1.70. The Hall–Kier alpha value is -2.67. The number of alkyl halides is 3. The van der Waals surface area contributed by atoms with Gasteiger partial charge in [0.25, 0.3) is 0 Å². The number of hydrogen-bond donors (Lipinski definition) is 0. The molecule has 1 aromatic heterocycles. The summed E-state index contributed by atoms with van der Waals surface area (Å²) in [5.74, 6) is -0.111. The maximum Gasteiger partial charge on any atom is 0.416 e.